The van der Waals surface area contributed by atoms with Gasteiger partial charge in [0.05, 0.1) is 36.5 Å². The van der Waals surface area contributed by atoms with Crippen LogP contribution in [0.3, 0.4) is 0 Å². The van der Waals surface area contributed by atoms with Crippen LogP contribution >= 0.6 is 11.3 Å². The van der Waals surface area contributed by atoms with Gasteiger partial charge < -0.3 is 19.2 Å². The van der Waals surface area contributed by atoms with Gasteiger partial charge in [-0.3, -0.25) is 9.36 Å². The number of para-hydroxylation sites is 1. The topological polar surface area (TPSA) is 94.9 Å². The van der Waals surface area contributed by atoms with Gasteiger partial charge in [0, 0.05) is 28.4 Å². The lowest BCUT2D eigenvalue weighted by molar-refractivity contribution is -0.136. The molecule has 0 saturated carbocycles. The third-order valence-electron chi connectivity index (χ3n) is 6.23. The molecule has 0 spiro atoms. The molecule has 0 aliphatic carbocycles. The highest BCUT2D eigenvalue weighted by Gasteiger charge is 2.31. The molecule has 1 aliphatic heterocycles. The number of thiazole rings is 1. The van der Waals surface area contributed by atoms with Gasteiger partial charge in [0.2, 0.25) is 0 Å². The Bertz CT molecular complexity index is 1710. The minimum atomic E-state index is -0.732. The maximum atomic E-state index is 13.8. The standard InChI is InChI=1S/C28H27N3O5S/c1-5-35-22-12-11-17(13-23(22)36-6-2)25-20(27(33)34-4)15-29-28-31(25)26(32)24(37-28)14-19-16(3)30-21-10-8-7-9-18(19)21/h7-15,25,30H,5-6H2,1-4H3/b24-14-/t25-/m1/s1. The van der Waals surface area contributed by atoms with Gasteiger partial charge in [-0.2, -0.15) is 0 Å². The van der Waals surface area contributed by atoms with Gasteiger partial charge in [0.25, 0.3) is 5.56 Å². The van der Waals surface area contributed by atoms with Crippen LogP contribution in [0.2, 0.25) is 0 Å². The van der Waals surface area contributed by atoms with Crippen LogP contribution in [0.25, 0.3) is 17.0 Å². The second-order valence-electron chi connectivity index (χ2n) is 8.46. The van der Waals surface area contributed by atoms with Crippen molar-refractivity contribution in [3.8, 4) is 11.5 Å². The molecule has 5 rings (SSSR count). The Labute approximate surface area is 217 Å². The summed E-state index contributed by atoms with van der Waals surface area (Å²) in [6, 6.07) is 12.7. The van der Waals surface area contributed by atoms with E-state index in [9.17, 15) is 9.59 Å². The number of esters is 1. The van der Waals surface area contributed by atoms with Crippen LogP contribution in [-0.4, -0.2) is 35.8 Å². The van der Waals surface area contributed by atoms with E-state index in [2.05, 4.69) is 9.98 Å². The van der Waals surface area contributed by atoms with E-state index in [-0.39, 0.29) is 11.1 Å². The predicted molar refractivity (Wildman–Crippen MR) is 143 cm³/mol. The summed E-state index contributed by atoms with van der Waals surface area (Å²) >= 11 is 1.28. The van der Waals surface area contributed by atoms with Crippen molar-refractivity contribution in [2.24, 2.45) is 4.99 Å². The molecule has 9 heteroatoms. The molecule has 0 unspecified atom stereocenters. The first kappa shape index (κ1) is 24.6. The van der Waals surface area contributed by atoms with Crippen LogP contribution in [0.4, 0.5) is 0 Å². The summed E-state index contributed by atoms with van der Waals surface area (Å²) in [7, 11) is 1.31. The van der Waals surface area contributed by atoms with Gasteiger partial charge in [0.15, 0.2) is 16.3 Å². The zero-order valence-electron chi connectivity index (χ0n) is 21.0. The van der Waals surface area contributed by atoms with Gasteiger partial charge in [-0.15, -0.1) is 0 Å². The average molecular weight is 518 g/mol. The maximum Gasteiger partial charge on any atom is 0.337 e. The number of hydrogen-bond donors (Lipinski definition) is 1. The number of H-pyrrole nitrogens is 1. The van der Waals surface area contributed by atoms with E-state index in [1.165, 1.54) is 24.6 Å². The molecule has 3 heterocycles. The summed E-state index contributed by atoms with van der Waals surface area (Å²) in [6.45, 7) is 6.69. The quantitative estimate of drug-likeness (QED) is 0.378. The van der Waals surface area contributed by atoms with Crippen LogP contribution in [0.5, 0.6) is 11.5 Å². The number of methoxy groups -OCH3 is 1. The zero-order chi connectivity index (χ0) is 26.1. The van der Waals surface area contributed by atoms with Gasteiger partial charge in [-0.25, -0.2) is 9.79 Å². The van der Waals surface area contributed by atoms with E-state index in [4.69, 9.17) is 14.2 Å². The predicted octanol–water partition coefficient (Wildman–Crippen LogP) is 3.61. The molecule has 1 atom stereocenters. The number of carbonyl (C=O) groups excluding carboxylic acids is 1. The van der Waals surface area contributed by atoms with Crippen LogP contribution in [0, 0.1) is 6.92 Å². The number of ether oxygens (including phenoxy) is 3. The van der Waals surface area contributed by atoms with Crippen molar-refractivity contribution in [1.82, 2.24) is 9.55 Å². The first-order valence-corrected chi connectivity index (χ1v) is 12.8. The van der Waals surface area contributed by atoms with E-state index >= 15 is 0 Å². The lowest BCUT2D eigenvalue weighted by Crippen LogP contribution is -2.39. The van der Waals surface area contributed by atoms with Crippen molar-refractivity contribution < 1.29 is 19.0 Å². The molecule has 37 heavy (non-hydrogen) atoms. The highest BCUT2D eigenvalue weighted by Crippen LogP contribution is 2.35. The van der Waals surface area contributed by atoms with Crippen molar-refractivity contribution in [3.63, 3.8) is 0 Å². The van der Waals surface area contributed by atoms with E-state index in [1.807, 2.05) is 63.2 Å². The minimum Gasteiger partial charge on any atom is -0.490 e. The van der Waals surface area contributed by atoms with Gasteiger partial charge in [0.1, 0.15) is 0 Å². The molecule has 4 aromatic rings. The Balaban J connectivity index is 1.71. The SMILES string of the molecule is CCOc1ccc([C@@H]2C(C(=O)OC)=CN=c3s/c(=C\c4c(C)[nH]c5ccccc45)c(=O)n32)cc1OCC. The van der Waals surface area contributed by atoms with Crippen LogP contribution in [-0.2, 0) is 9.53 Å². The van der Waals surface area contributed by atoms with E-state index < -0.39 is 12.0 Å². The van der Waals surface area contributed by atoms with Crippen molar-refractivity contribution in [2.75, 3.05) is 20.3 Å². The molecule has 190 valence electrons. The van der Waals surface area contributed by atoms with Crippen LogP contribution in [0.15, 0.2) is 64.0 Å². The molecule has 0 radical (unpaired) electrons. The Morgan fingerprint density at radius 2 is 1.89 bits per heavy atom. The molecule has 0 amide bonds. The number of carbonyl (C=O) groups is 1. The number of fused-ring (bicyclic) bond motifs is 2. The summed E-state index contributed by atoms with van der Waals surface area (Å²) in [4.78, 5) is 34.9. The monoisotopic (exact) mass is 517 g/mol. The lowest BCUT2D eigenvalue weighted by Gasteiger charge is -2.23. The number of nitrogens with zero attached hydrogens (tertiary/aromatic N) is 2. The highest BCUT2D eigenvalue weighted by molar-refractivity contribution is 7.07. The van der Waals surface area contributed by atoms with Crippen LogP contribution in [0.1, 0.15) is 36.7 Å². The van der Waals surface area contributed by atoms with Crippen molar-refractivity contribution >= 4 is 34.3 Å². The Hall–Kier alpha value is -4.11. The van der Waals surface area contributed by atoms with E-state index in [1.54, 1.807) is 10.6 Å². The molecule has 2 aromatic heterocycles. The molecule has 1 aliphatic rings. The second kappa shape index (κ2) is 10.1. The summed E-state index contributed by atoms with van der Waals surface area (Å²) < 4.78 is 18.6. The molecule has 0 saturated heterocycles. The van der Waals surface area contributed by atoms with Crippen molar-refractivity contribution in [2.45, 2.75) is 26.8 Å². The average Bonchev–Trinajstić information content (AvgIpc) is 3.40. The molecular formula is C28H27N3O5S. The van der Waals surface area contributed by atoms with Crippen LogP contribution < -0.4 is 24.4 Å². The highest BCUT2D eigenvalue weighted by atomic mass is 32.1. The summed E-state index contributed by atoms with van der Waals surface area (Å²) in [5.74, 6) is 0.584. The Kier molecular flexibility index (Phi) is 6.71. The fourth-order valence-corrected chi connectivity index (χ4v) is 5.55. The number of aromatic nitrogens is 2. The fourth-order valence-electron chi connectivity index (χ4n) is 4.60. The number of hydrogen-bond acceptors (Lipinski definition) is 7. The van der Waals surface area contributed by atoms with Gasteiger partial charge in [-0.1, -0.05) is 35.6 Å². The van der Waals surface area contributed by atoms with E-state index in [0.717, 1.165) is 22.2 Å². The van der Waals surface area contributed by atoms with Crippen molar-refractivity contribution in [3.05, 3.63) is 90.7 Å². The zero-order valence-corrected chi connectivity index (χ0v) is 21.8. The normalized spacial score (nSPS) is 15.2. The minimum absolute atomic E-state index is 0.236. The van der Waals surface area contributed by atoms with Crippen molar-refractivity contribution in [1.29, 1.82) is 0 Å². The first-order valence-electron chi connectivity index (χ1n) is 12.0. The molecule has 1 N–H and O–H groups in total. The number of aromatic amines is 1. The molecule has 0 bridgehead atoms. The molecule has 8 nitrogen and oxygen atoms in total. The van der Waals surface area contributed by atoms with Gasteiger partial charge in [-0.05, 0) is 50.6 Å². The second-order valence-corrected chi connectivity index (χ2v) is 9.47. The Morgan fingerprint density at radius 1 is 1.14 bits per heavy atom. The molecule has 2 aromatic carbocycles. The number of rotatable bonds is 7. The fraction of sp³-hybridized carbons (Fsp3) is 0.250. The number of nitrogens with one attached hydrogen (secondary N) is 1. The summed E-state index contributed by atoms with van der Waals surface area (Å²) in [5.41, 5.74) is 3.63. The smallest absolute Gasteiger partial charge is 0.337 e. The summed E-state index contributed by atoms with van der Waals surface area (Å²) in [5, 5.41) is 1.03. The first-order chi connectivity index (χ1) is 18.0. The molecule has 0 fully saturated rings. The third-order valence-corrected chi connectivity index (χ3v) is 7.22. The summed E-state index contributed by atoms with van der Waals surface area (Å²) in [6.07, 6.45) is 3.37. The third kappa shape index (κ3) is 4.35. The number of benzene rings is 2. The maximum absolute atomic E-state index is 13.8. The van der Waals surface area contributed by atoms with E-state index in [0.29, 0.717) is 39.6 Å². The lowest BCUT2D eigenvalue weighted by atomic mass is 9.97. The number of aryl methyl sites for hydroxylation is 1. The molecular weight excluding hydrogens is 490 g/mol. The van der Waals surface area contributed by atoms with Gasteiger partial charge >= 0.3 is 5.97 Å². The largest absolute Gasteiger partial charge is 0.490 e. The Morgan fingerprint density at radius 3 is 2.65 bits per heavy atom.